The summed E-state index contributed by atoms with van der Waals surface area (Å²) in [7, 11) is 0. The van der Waals surface area contributed by atoms with Gasteiger partial charge in [-0.2, -0.15) is 0 Å². The Morgan fingerprint density at radius 1 is 1.08 bits per heavy atom. The third kappa shape index (κ3) is 2.71. The quantitative estimate of drug-likeness (QED) is 0.855. The summed E-state index contributed by atoms with van der Waals surface area (Å²) < 4.78 is 14.8. The number of rotatable bonds is 3. The first-order valence-electron chi connectivity index (χ1n) is 8.80. The summed E-state index contributed by atoms with van der Waals surface area (Å²) in [5.41, 5.74) is 2.44. The lowest BCUT2D eigenvalue weighted by Crippen LogP contribution is -2.70. The second-order valence-electron chi connectivity index (χ2n) is 7.36. The van der Waals surface area contributed by atoms with Crippen molar-refractivity contribution in [2.45, 2.75) is 52.1 Å². The van der Waals surface area contributed by atoms with Gasteiger partial charge < -0.3 is 9.80 Å². The molecule has 0 amide bonds. The van der Waals surface area contributed by atoms with Crippen molar-refractivity contribution >= 4 is 11.8 Å². The highest BCUT2D eigenvalue weighted by Crippen LogP contribution is 2.38. The molecule has 0 saturated carbocycles. The second-order valence-corrected chi connectivity index (χ2v) is 7.36. The maximum atomic E-state index is 14.8. The van der Waals surface area contributed by atoms with Gasteiger partial charge >= 0.3 is 0 Å². The lowest BCUT2D eigenvalue weighted by atomic mass is 9.87. The number of fused-ring (bicyclic) bond motifs is 2. The predicted octanol–water partition coefficient (Wildman–Crippen LogP) is 2.61. The molecular weight excluding hydrogens is 319 g/mol. The monoisotopic (exact) mass is 342 g/mol. The molecule has 3 fully saturated rings. The Kier molecular flexibility index (Phi) is 3.81. The molecule has 2 atom stereocenters. The Morgan fingerprint density at radius 3 is 2.32 bits per heavy atom. The zero-order chi connectivity index (χ0) is 17.7. The highest BCUT2D eigenvalue weighted by atomic mass is 19.1. The van der Waals surface area contributed by atoms with Crippen LogP contribution in [0.15, 0.2) is 12.4 Å². The lowest BCUT2D eigenvalue weighted by Gasteiger charge is -2.56. The number of hydrogen-bond donors (Lipinski definition) is 0. The minimum Gasteiger partial charge on any atom is -0.344 e. The number of piperazine rings is 1. The van der Waals surface area contributed by atoms with Crippen molar-refractivity contribution in [1.82, 2.24) is 19.9 Å². The van der Waals surface area contributed by atoms with Gasteiger partial charge in [0.1, 0.15) is 6.33 Å². The van der Waals surface area contributed by atoms with E-state index >= 15 is 0 Å². The molecular formula is C18H23FN6. The van der Waals surface area contributed by atoms with Crippen LogP contribution < -0.4 is 9.80 Å². The van der Waals surface area contributed by atoms with E-state index in [1.165, 1.54) is 6.33 Å². The zero-order valence-corrected chi connectivity index (χ0v) is 15.1. The fourth-order valence-electron chi connectivity index (χ4n) is 3.92. The zero-order valence-electron chi connectivity index (χ0n) is 15.1. The number of aryl methyl sites for hydroxylation is 2. The molecule has 2 aromatic heterocycles. The molecule has 3 aliphatic rings. The number of nitrogens with zero attached hydrogens (tertiary/aromatic N) is 6. The highest BCUT2D eigenvalue weighted by Gasteiger charge is 2.47. The van der Waals surface area contributed by atoms with Crippen LogP contribution in [0.25, 0.3) is 0 Å². The van der Waals surface area contributed by atoms with Crippen molar-refractivity contribution in [2.75, 3.05) is 22.9 Å². The van der Waals surface area contributed by atoms with Gasteiger partial charge in [-0.25, -0.2) is 24.3 Å². The van der Waals surface area contributed by atoms with Crippen LogP contribution in [0.4, 0.5) is 16.2 Å². The molecule has 25 heavy (non-hydrogen) atoms. The Labute approximate surface area is 147 Å². The second kappa shape index (κ2) is 5.89. The van der Waals surface area contributed by atoms with E-state index in [0.29, 0.717) is 11.5 Å². The smallest absolute Gasteiger partial charge is 0.225 e. The molecule has 3 saturated heterocycles. The highest BCUT2D eigenvalue weighted by molar-refractivity contribution is 5.52. The fraction of sp³-hybridized carbons (Fsp3) is 0.556. The van der Waals surface area contributed by atoms with Gasteiger partial charge in [-0.05, 0) is 32.3 Å². The molecule has 132 valence electrons. The summed E-state index contributed by atoms with van der Waals surface area (Å²) in [5.74, 6) is 0.991. The molecule has 0 aromatic carbocycles. The number of halogens is 1. The average molecular weight is 342 g/mol. The minimum absolute atomic E-state index is 0.0445. The van der Waals surface area contributed by atoms with E-state index < -0.39 is 0 Å². The molecule has 0 spiro atoms. The lowest BCUT2D eigenvalue weighted by molar-refractivity contribution is 0.282. The van der Waals surface area contributed by atoms with Gasteiger partial charge in [0.05, 0.1) is 17.8 Å². The summed E-state index contributed by atoms with van der Waals surface area (Å²) >= 11 is 0. The number of piperidine rings is 1. The van der Waals surface area contributed by atoms with Crippen molar-refractivity contribution in [2.24, 2.45) is 0 Å². The predicted molar refractivity (Wildman–Crippen MR) is 94.5 cm³/mol. The Bertz CT molecular complexity index is 776. The largest absolute Gasteiger partial charge is 0.344 e. The molecule has 2 bridgehead atoms. The topological polar surface area (TPSA) is 58.0 Å². The normalized spacial score (nSPS) is 22.3. The van der Waals surface area contributed by atoms with Gasteiger partial charge in [-0.3, -0.25) is 0 Å². The van der Waals surface area contributed by atoms with Gasteiger partial charge in [-0.1, -0.05) is 13.8 Å². The first-order valence-corrected chi connectivity index (χ1v) is 8.80. The molecule has 2 aromatic rings. The maximum Gasteiger partial charge on any atom is 0.225 e. The molecule has 0 N–H and O–H groups in total. The Balaban J connectivity index is 1.57. The van der Waals surface area contributed by atoms with Crippen molar-refractivity contribution < 1.29 is 4.39 Å². The molecule has 5 rings (SSSR count). The summed E-state index contributed by atoms with van der Waals surface area (Å²) in [6, 6.07) is 2.46. The van der Waals surface area contributed by atoms with E-state index in [1.807, 2.05) is 33.8 Å². The molecule has 0 radical (unpaired) electrons. The van der Waals surface area contributed by atoms with Gasteiger partial charge in [0.15, 0.2) is 11.6 Å². The minimum atomic E-state index is -0.275. The van der Waals surface area contributed by atoms with E-state index in [9.17, 15) is 4.39 Å². The first kappa shape index (κ1) is 16.2. The molecule has 3 aliphatic heterocycles. The van der Waals surface area contributed by atoms with Crippen LogP contribution in [0.2, 0.25) is 0 Å². The van der Waals surface area contributed by atoms with E-state index in [2.05, 4.69) is 29.7 Å². The van der Waals surface area contributed by atoms with Crippen LogP contribution >= 0.6 is 0 Å². The fourth-order valence-corrected chi connectivity index (χ4v) is 3.92. The van der Waals surface area contributed by atoms with Gasteiger partial charge in [0.2, 0.25) is 5.95 Å². The summed E-state index contributed by atoms with van der Waals surface area (Å²) in [6.45, 7) is 9.45. The maximum absolute atomic E-state index is 14.8. The SMILES string of the molecule is Cc1cc(C)nc(N2CC3CC(C2)N3c2ncnc(C(C)C)c2F)n1. The van der Waals surface area contributed by atoms with E-state index in [0.717, 1.165) is 36.8 Å². The van der Waals surface area contributed by atoms with Gasteiger partial charge in [-0.15, -0.1) is 0 Å². The summed E-state index contributed by atoms with van der Waals surface area (Å²) in [4.78, 5) is 21.8. The number of aromatic nitrogens is 4. The molecule has 6 nitrogen and oxygen atoms in total. The van der Waals surface area contributed by atoms with Crippen molar-refractivity contribution in [3.63, 3.8) is 0 Å². The molecule has 2 unspecified atom stereocenters. The summed E-state index contributed by atoms with van der Waals surface area (Å²) in [6.07, 6.45) is 2.54. The molecule has 7 heteroatoms. The third-order valence-electron chi connectivity index (χ3n) is 5.04. The van der Waals surface area contributed by atoms with E-state index in [1.54, 1.807) is 0 Å². The van der Waals surface area contributed by atoms with Gasteiger partial charge in [0.25, 0.3) is 0 Å². The van der Waals surface area contributed by atoms with Crippen LogP contribution in [-0.4, -0.2) is 45.1 Å². The first-order chi connectivity index (χ1) is 11.9. The standard InChI is InChI=1S/C18H23FN6/c1-10(2)16-15(19)17(21-9-20-16)25-13-6-14(25)8-24(7-13)18-22-11(3)5-12(4)23-18/h5,9-10,13-14H,6-8H2,1-4H3. The third-order valence-corrected chi connectivity index (χ3v) is 5.04. The summed E-state index contributed by atoms with van der Waals surface area (Å²) in [5, 5.41) is 0. The average Bonchev–Trinajstić information content (AvgIpc) is 2.55. The van der Waals surface area contributed by atoms with Crippen LogP contribution in [0.1, 0.15) is 43.3 Å². The molecule has 0 aliphatic carbocycles. The van der Waals surface area contributed by atoms with Crippen molar-refractivity contribution in [1.29, 1.82) is 0 Å². The van der Waals surface area contributed by atoms with Gasteiger partial charge in [0, 0.05) is 24.5 Å². The Morgan fingerprint density at radius 2 is 1.72 bits per heavy atom. The number of anilines is 2. The van der Waals surface area contributed by atoms with Crippen LogP contribution in [0.3, 0.4) is 0 Å². The number of hydrogen-bond acceptors (Lipinski definition) is 6. The van der Waals surface area contributed by atoms with Crippen molar-refractivity contribution in [3.8, 4) is 0 Å². The van der Waals surface area contributed by atoms with Crippen LogP contribution in [0, 0.1) is 19.7 Å². The van der Waals surface area contributed by atoms with Crippen LogP contribution in [0.5, 0.6) is 0 Å². The van der Waals surface area contributed by atoms with E-state index in [-0.39, 0.29) is 23.8 Å². The van der Waals surface area contributed by atoms with E-state index in [4.69, 9.17) is 0 Å². The van der Waals surface area contributed by atoms with Crippen LogP contribution in [-0.2, 0) is 0 Å². The Hall–Kier alpha value is -2.31. The molecule has 5 heterocycles. The van der Waals surface area contributed by atoms with Crippen molar-refractivity contribution in [3.05, 3.63) is 35.3 Å².